The second-order valence-corrected chi connectivity index (χ2v) is 5.03. The molecule has 1 N–H and O–H groups in total. The van der Waals surface area contributed by atoms with Crippen molar-refractivity contribution >= 4 is 11.6 Å². The van der Waals surface area contributed by atoms with E-state index in [-0.39, 0.29) is 0 Å². The molecule has 1 aromatic heterocycles. The highest BCUT2D eigenvalue weighted by atomic mass is 35.5. The molecule has 4 heteroatoms. The van der Waals surface area contributed by atoms with Crippen LogP contribution in [0.25, 0.3) is 0 Å². The molecule has 0 saturated heterocycles. The Labute approximate surface area is 118 Å². The van der Waals surface area contributed by atoms with Crippen molar-refractivity contribution in [3.8, 4) is 5.75 Å². The van der Waals surface area contributed by atoms with Crippen LogP contribution in [-0.2, 0) is 13.2 Å². The summed E-state index contributed by atoms with van der Waals surface area (Å²) in [6, 6.07) is 9.79. The van der Waals surface area contributed by atoms with E-state index in [1.807, 2.05) is 30.3 Å². The Morgan fingerprint density at radius 1 is 1.26 bits per heavy atom. The third-order valence-electron chi connectivity index (χ3n) is 2.73. The van der Waals surface area contributed by atoms with Gasteiger partial charge in [-0.15, -0.1) is 0 Å². The molecule has 0 bridgehead atoms. The summed E-state index contributed by atoms with van der Waals surface area (Å²) in [4.78, 5) is 0. The fourth-order valence-corrected chi connectivity index (χ4v) is 1.86. The van der Waals surface area contributed by atoms with Gasteiger partial charge in [0.1, 0.15) is 18.1 Å². The van der Waals surface area contributed by atoms with Gasteiger partial charge in [-0.25, -0.2) is 0 Å². The first-order chi connectivity index (χ1) is 9.16. The molecule has 0 fully saturated rings. The first-order valence-corrected chi connectivity index (χ1v) is 6.70. The molecule has 0 amide bonds. The van der Waals surface area contributed by atoms with Crippen LogP contribution < -0.4 is 10.1 Å². The van der Waals surface area contributed by atoms with Crippen LogP contribution in [0.15, 0.2) is 41.0 Å². The van der Waals surface area contributed by atoms with E-state index in [4.69, 9.17) is 20.8 Å². The maximum Gasteiger partial charge on any atom is 0.138 e. The summed E-state index contributed by atoms with van der Waals surface area (Å²) in [5, 5.41) is 3.94. The van der Waals surface area contributed by atoms with Crippen LogP contribution in [0.2, 0.25) is 5.02 Å². The zero-order valence-electron chi connectivity index (χ0n) is 11.2. The Hall–Kier alpha value is -1.45. The van der Waals surface area contributed by atoms with E-state index in [2.05, 4.69) is 19.2 Å². The summed E-state index contributed by atoms with van der Waals surface area (Å²) in [6.07, 6.45) is 1.68. The van der Waals surface area contributed by atoms with E-state index in [9.17, 15) is 0 Å². The minimum Gasteiger partial charge on any atom is -0.487 e. The van der Waals surface area contributed by atoms with Gasteiger partial charge in [0.2, 0.25) is 0 Å². The summed E-state index contributed by atoms with van der Waals surface area (Å²) < 4.78 is 11.2. The molecule has 0 radical (unpaired) electrons. The Kier molecular flexibility index (Phi) is 4.88. The Bertz CT molecular complexity index is 522. The highest BCUT2D eigenvalue weighted by Gasteiger charge is 2.08. The number of ether oxygens (including phenoxy) is 1. The molecule has 3 nitrogen and oxygen atoms in total. The van der Waals surface area contributed by atoms with Gasteiger partial charge >= 0.3 is 0 Å². The van der Waals surface area contributed by atoms with Gasteiger partial charge in [0, 0.05) is 11.6 Å². The standard InChI is InChI=1S/C15H18ClNO2/c1-11(2)17-9-15-12(7-8-18-15)10-19-14-6-4-3-5-13(14)16/h3-8,11,17H,9-10H2,1-2H3. The number of furan rings is 1. The normalized spacial score (nSPS) is 10.9. The van der Waals surface area contributed by atoms with Crippen molar-refractivity contribution in [3.05, 3.63) is 52.9 Å². The monoisotopic (exact) mass is 279 g/mol. The number of nitrogens with one attached hydrogen (secondary N) is 1. The smallest absolute Gasteiger partial charge is 0.138 e. The van der Waals surface area contributed by atoms with E-state index < -0.39 is 0 Å². The second-order valence-electron chi connectivity index (χ2n) is 4.62. The second kappa shape index (κ2) is 6.64. The van der Waals surface area contributed by atoms with Gasteiger partial charge in [0.25, 0.3) is 0 Å². The van der Waals surface area contributed by atoms with Gasteiger partial charge in [-0.05, 0) is 18.2 Å². The first kappa shape index (κ1) is 14.0. The quantitative estimate of drug-likeness (QED) is 0.867. The molecule has 102 valence electrons. The van der Waals surface area contributed by atoms with Crippen molar-refractivity contribution in [2.45, 2.75) is 33.0 Å². The van der Waals surface area contributed by atoms with Gasteiger partial charge in [-0.1, -0.05) is 37.6 Å². The van der Waals surface area contributed by atoms with E-state index in [1.165, 1.54) is 0 Å². The fraction of sp³-hybridized carbons (Fsp3) is 0.333. The topological polar surface area (TPSA) is 34.4 Å². The van der Waals surface area contributed by atoms with E-state index in [1.54, 1.807) is 6.26 Å². The Balaban J connectivity index is 1.96. The lowest BCUT2D eigenvalue weighted by atomic mass is 10.2. The summed E-state index contributed by atoms with van der Waals surface area (Å²) in [5.74, 6) is 1.59. The summed E-state index contributed by atoms with van der Waals surface area (Å²) in [7, 11) is 0. The first-order valence-electron chi connectivity index (χ1n) is 6.33. The number of para-hydroxylation sites is 1. The third-order valence-corrected chi connectivity index (χ3v) is 3.04. The lowest BCUT2D eigenvalue weighted by Gasteiger charge is -2.09. The molecule has 0 unspecified atom stereocenters. The van der Waals surface area contributed by atoms with Crippen molar-refractivity contribution in [2.75, 3.05) is 0 Å². The minimum atomic E-state index is 0.419. The highest BCUT2D eigenvalue weighted by Crippen LogP contribution is 2.24. The summed E-state index contributed by atoms with van der Waals surface area (Å²) in [5.41, 5.74) is 1.04. The maximum absolute atomic E-state index is 6.05. The fourth-order valence-electron chi connectivity index (χ4n) is 1.66. The number of hydrogen-bond acceptors (Lipinski definition) is 3. The number of halogens is 1. The zero-order valence-corrected chi connectivity index (χ0v) is 11.9. The number of hydrogen-bond donors (Lipinski definition) is 1. The van der Waals surface area contributed by atoms with Crippen LogP contribution in [-0.4, -0.2) is 6.04 Å². The largest absolute Gasteiger partial charge is 0.487 e. The van der Waals surface area contributed by atoms with E-state index in [0.717, 1.165) is 11.3 Å². The van der Waals surface area contributed by atoms with Gasteiger partial charge in [0.15, 0.2) is 0 Å². The van der Waals surface area contributed by atoms with Crippen LogP contribution in [0.3, 0.4) is 0 Å². The van der Waals surface area contributed by atoms with Crippen LogP contribution in [0.1, 0.15) is 25.2 Å². The van der Waals surface area contributed by atoms with Crippen molar-refractivity contribution < 1.29 is 9.15 Å². The maximum atomic E-state index is 6.05. The number of benzene rings is 1. The summed E-state index contributed by atoms with van der Waals surface area (Å²) >= 11 is 6.05. The van der Waals surface area contributed by atoms with E-state index >= 15 is 0 Å². The van der Waals surface area contributed by atoms with Gasteiger partial charge in [0.05, 0.1) is 17.8 Å². The van der Waals surface area contributed by atoms with Crippen LogP contribution in [0.4, 0.5) is 0 Å². The van der Waals surface area contributed by atoms with Crippen molar-refractivity contribution in [1.29, 1.82) is 0 Å². The van der Waals surface area contributed by atoms with Crippen molar-refractivity contribution in [1.82, 2.24) is 5.32 Å². The number of rotatable bonds is 6. The summed E-state index contributed by atoms with van der Waals surface area (Å²) in [6.45, 7) is 5.35. The van der Waals surface area contributed by atoms with Crippen molar-refractivity contribution in [3.63, 3.8) is 0 Å². The molecule has 1 heterocycles. The average Bonchev–Trinajstić information content (AvgIpc) is 2.83. The Morgan fingerprint density at radius 2 is 2.05 bits per heavy atom. The van der Waals surface area contributed by atoms with Crippen LogP contribution >= 0.6 is 11.6 Å². The van der Waals surface area contributed by atoms with Gasteiger partial charge in [-0.2, -0.15) is 0 Å². The molecule has 0 atom stereocenters. The van der Waals surface area contributed by atoms with Crippen LogP contribution in [0, 0.1) is 0 Å². The van der Waals surface area contributed by atoms with E-state index in [0.29, 0.717) is 30.0 Å². The van der Waals surface area contributed by atoms with Gasteiger partial charge in [-0.3, -0.25) is 0 Å². The molecule has 0 aliphatic rings. The van der Waals surface area contributed by atoms with Gasteiger partial charge < -0.3 is 14.5 Å². The Morgan fingerprint density at radius 3 is 2.79 bits per heavy atom. The molecular weight excluding hydrogens is 262 g/mol. The molecule has 2 rings (SSSR count). The molecule has 0 aliphatic carbocycles. The predicted octanol–water partition coefficient (Wildman–Crippen LogP) is 4.01. The highest BCUT2D eigenvalue weighted by molar-refractivity contribution is 6.32. The minimum absolute atomic E-state index is 0.419. The SMILES string of the molecule is CC(C)NCc1occc1COc1ccccc1Cl. The average molecular weight is 280 g/mol. The lowest BCUT2D eigenvalue weighted by molar-refractivity contribution is 0.301. The molecule has 0 spiro atoms. The molecule has 0 aliphatic heterocycles. The lowest BCUT2D eigenvalue weighted by Crippen LogP contribution is -2.22. The van der Waals surface area contributed by atoms with Crippen molar-refractivity contribution in [2.24, 2.45) is 0 Å². The molecular formula is C15H18ClNO2. The predicted molar refractivity (Wildman–Crippen MR) is 76.5 cm³/mol. The zero-order chi connectivity index (χ0) is 13.7. The molecule has 0 saturated carbocycles. The molecule has 1 aromatic carbocycles. The molecule has 19 heavy (non-hydrogen) atoms. The third kappa shape index (κ3) is 4.01. The molecule has 2 aromatic rings. The van der Waals surface area contributed by atoms with Crippen LogP contribution in [0.5, 0.6) is 5.75 Å².